The Morgan fingerprint density at radius 2 is 1.78 bits per heavy atom. The third-order valence-corrected chi connectivity index (χ3v) is 3.21. The lowest BCUT2D eigenvalue weighted by atomic mass is 10.0. The van der Waals surface area contributed by atoms with Crippen molar-refractivity contribution in [1.82, 2.24) is 10.6 Å². The average molecular weight is 322 g/mol. The van der Waals surface area contributed by atoms with E-state index in [0.717, 1.165) is 5.56 Å². The first-order chi connectivity index (χ1) is 10.8. The summed E-state index contributed by atoms with van der Waals surface area (Å²) in [5.74, 6) is -1.73. The summed E-state index contributed by atoms with van der Waals surface area (Å²) < 4.78 is 4.73. The van der Waals surface area contributed by atoms with Gasteiger partial charge in [0.15, 0.2) is 0 Å². The zero-order valence-corrected chi connectivity index (χ0v) is 13.5. The summed E-state index contributed by atoms with van der Waals surface area (Å²) in [5.41, 5.74) is 0.959. The second-order valence-electron chi connectivity index (χ2n) is 5.44. The van der Waals surface area contributed by atoms with Crippen LogP contribution in [0.3, 0.4) is 0 Å². The van der Waals surface area contributed by atoms with Crippen LogP contribution in [0.5, 0.6) is 0 Å². The highest BCUT2D eigenvalue weighted by molar-refractivity contribution is 5.88. The Labute approximate surface area is 135 Å². The topological polar surface area (TPSA) is 105 Å². The number of nitrogens with one attached hydrogen (secondary N) is 2. The molecule has 7 heteroatoms. The van der Waals surface area contributed by atoms with Crippen LogP contribution in [0.15, 0.2) is 24.3 Å². The fraction of sp³-hybridized carbons (Fsp3) is 0.438. The molecule has 0 aliphatic heterocycles. The van der Waals surface area contributed by atoms with Crippen LogP contribution >= 0.6 is 0 Å². The highest BCUT2D eigenvalue weighted by atomic mass is 16.5. The lowest BCUT2D eigenvalue weighted by molar-refractivity contribution is -0.132. The Balaban J connectivity index is 2.61. The van der Waals surface area contributed by atoms with Crippen molar-refractivity contribution in [2.75, 3.05) is 13.7 Å². The number of amides is 2. The van der Waals surface area contributed by atoms with Crippen LogP contribution < -0.4 is 10.6 Å². The predicted molar refractivity (Wildman–Crippen MR) is 83.9 cm³/mol. The smallest absolute Gasteiger partial charge is 0.335 e. The number of hydrogen-bond donors (Lipinski definition) is 3. The van der Waals surface area contributed by atoms with E-state index >= 15 is 0 Å². The second kappa shape index (κ2) is 8.89. The van der Waals surface area contributed by atoms with Gasteiger partial charge in [0.1, 0.15) is 12.6 Å². The minimum Gasteiger partial charge on any atom is -0.478 e. The molecule has 0 aliphatic rings. The second-order valence-corrected chi connectivity index (χ2v) is 5.44. The maximum absolute atomic E-state index is 12.2. The highest BCUT2D eigenvalue weighted by Crippen LogP contribution is 2.06. The van der Waals surface area contributed by atoms with Crippen molar-refractivity contribution in [3.05, 3.63) is 35.4 Å². The van der Waals surface area contributed by atoms with Crippen LogP contribution in [0.2, 0.25) is 0 Å². The first kappa shape index (κ1) is 18.6. The Bertz CT molecular complexity index is 554. The molecule has 0 heterocycles. The van der Waals surface area contributed by atoms with E-state index in [0.29, 0.717) is 0 Å². The summed E-state index contributed by atoms with van der Waals surface area (Å²) >= 11 is 0. The molecule has 23 heavy (non-hydrogen) atoms. The van der Waals surface area contributed by atoms with Crippen molar-refractivity contribution in [3.8, 4) is 0 Å². The molecule has 7 nitrogen and oxygen atoms in total. The summed E-state index contributed by atoms with van der Waals surface area (Å²) in [4.78, 5) is 34.6. The lowest BCUT2D eigenvalue weighted by Gasteiger charge is -2.21. The van der Waals surface area contributed by atoms with E-state index < -0.39 is 12.0 Å². The minimum absolute atomic E-state index is 0.0785. The van der Waals surface area contributed by atoms with Crippen molar-refractivity contribution in [2.45, 2.75) is 26.4 Å². The molecule has 1 atom stereocenters. The van der Waals surface area contributed by atoms with Crippen LogP contribution in [0.1, 0.15) is 29.8 Å². The number of methoxy groups -OCH3 is 1. The van der Waals surface area contributed by atoms with Gasteiger partial charge in [0.05, 0.1) is 5.56 Å². The van der Waals surface area contributed by atoms with Crippen molar-refractivity contribution in [1.29, 1.82) is 0 Å². The van der Waals surface area contributed by atoms with Gasteiger partial charge < -0.3 is 20.5 Å². The molecular weight excluding hydrogens is 300 g/mol. The number of carboxylic acids is 1. The van der Waals surface area contributed by atoms with Crippen molar-refractivity contribution >= 4 is 17.8 Å². The molecule has 0 unspecified atom stereocenters. The molecule has 0 radical (unpaired) electrons. The molecule has 1 rings (SSSR count). The van der Waals surface area contributed by atoms with Crippen LogP contribution in [-0.4, -0.2) is 42.6 Å². The zero-order chi connectivity index (χ0) is 17.4. The molecule has 0 aliphatic carbocycles. The largest absolute Gasteiger partial charge is 0.478 e. The number of carbonyl (C=O) groups is 3. The van der Waals surface area contributed by atoms with Gasteiger partial charge in [-0.05, 0) is 23.6 Å². The summed E-state index contributed by atoms with van der Waals surface area (Å²) in [6, 6.07) is 5.57. The quantitative estimate of drug-likeness (QED) is 0.656. The van der Waals surface area contributed by atoms with Crippen LogP contribution in [0.25, 0.3) is 0 Å². The first-order valence-corrected chi connectivity index (χ1v) is 7.23. The summed E-state index contributed by atoms with van der Waals surface area (Å²) in [5, 5.41) is 14.2. The fourth-order valence-electron chi connectivity index (χ4n) is 1.95. The van der Waals surface area contributed by atoms with Gasteiger partial charge in [-0.15, -0.1) is 0 Å². The van der Waals surface area contributed by atoms with Crippen molar-refractivity contribution in [2.24, 2.45) is 5.92 Å². The molecule has 2 amide bonds. The number of ether oxygens (including phenoxy) is 1. The molecule has 3 N–H and O–H groups in total. The molecule has 0 bridgehead atoms. The number of hydrogen-bond acceptors (Lipinski definition) is 4. The normalized spacial score (nSPS) is 11.8. The van der Waals surface area contributed by atoms with Gasteiger partial charge in [0.2, 0.25) is 11.8 Å². The van der Waals surface area contributed by atoms with Gasteiger partial charge in [-0.2, -0.15) is 0 Å². The van der Waals surface area contributed by atoms with Gasteiger partial charge >= 0.3 is 5.97 Å². The van der Waals surface area contributed by atoms with E-state index in [2.05, 4.69) is 10.6 Å². The fourth-order valence-corrected chi connectivity index (χ4v) is 1.95. The van der Waals surface area contributed by atoms with Gasteiger partial charge in [-0.25, -0.2) is 4.79 Å². The average Bonchev–Trinajstić information content (AvgIpc) is 2.50. The van der Waals surface area contributed by atoms with Crippen LogP contribution in [-0.2, 0) is 20.9 Å². The van der Waals surface area contributed by atoms with Gasteiger partial charge in [0.25, 0.3) is 0 Å². The predicted octanol–water partition coefficient (Wildman–Crippen LogP) is 0.788. The molecule has 0 fully saturated rings. The zero-order valence-electron chi connectivity index (χ0n) is 13.5. The first-order valence-electron chi connectivity index (χ1n) is 7.23. The summed E-state index contributed by atoms with van der Waals surface area (Å²) in [6.07, 6.45) is 0. The third kappa shape index (κ3) is 6.07. The number of rotatable bonds is 8. The van der Waals surface area contributed by atoms with Crippen molar-refractivity contribution in [3.63, 3.8) is 0 Å². The van der Waals surface area contributed by atoms with E-state index in [-0.39, 0.29) is 36.4 Å². The Kier molecular flexibility index (Phi) is 7.21. The molecule has 1 aromatic carbocycles. The summed E-state index contributed by atoms with van der Waals surface area (Å²) in [6.45, 7) is 3.81. The van der Waals surface area contributed by atoms with Crippen molar-refractivity contribution < 1.29 is 24.2 Å². The Morgan fingerprint density at radius 3 is 2.26 bits per heavy atom. The molecular formula is C16H22N2O5. The highest BCUT2D eigenvalue weighted by Gasteiger charge is 2.23. The number of benzene rings is 1. The van der Waals surface area contributed by atoms with Crippen LogP contribution in [0, 0.1) is 5.92 Å². The third-order valence-electron chi connectivity index (χ3n) is 3.21. The SMILES string of the molecule is COCC(=O)N[C@H](C(=O)NCc1ccc(C(=O)O)cc1)C(C)C. The maximum atomic E-state index is 12.2. The Hall–Kier alpha value is -2.41. The molecule has 126 valence electrons. The molecule has 0 saturated carbocycles. The van der Waals surface area contributed by atoms with Gasteiger partial charge in [-0.1, -0.05) is 26.0 Å². The lowest BCUT2D eigenvalue weighted by Crippen LogP contribution is -2.50. The molecule has 1 aromatic rings. The molecule has 0 spiro atoms. The number of carboxylic acid groups (broad SMARTS) is 1. The van der Waals surface area contributed by atoms with Gasteiger partial charge in [0, 0.05) is 13.7 Å². The maximum Gasteiger partial charge on any atom is 0.335 e. The van der Waals surface area contributed by atoms with E-state index in [1.807, 2.05) is 13.8 Å². The van der Waals surface area contributed by atoms with E-state index in [9.17, 15) is 14.4 Å². The van der Waals surface area contributed by atoms with E-state index in [1.165, 1.54) is 19.2 Å². The monoisotopic (exact) mass is 322 g/mol. The minimum atomic E-state index is -0.999. The molecule has 0 aromatic heterocycles. The molecule has 0 saturated heterocycles. The standard InChI is InChI=1S/C16H22N2O5/c1-10(2)14(18-13(19)9-23-3)15(20)17-8-11-4-6-12(7-5-11)16(21)22/h4-7,10,14H,8-9H2,1-3H3,(H,17,20)(H,18,19)(H,21,22)/t14-/m0/s1. The summed E-state index contributed by atoms with van der Waals surface area (Å²) in [7, 11) is 1.41. The van der Waals surface area contributed by atoms with Crippen LogP contribution in [0.4, 0.5) is 0 Å². The van der Waals surface area contributed by atoms with E-state index in [4.69, 9.17) is 9.84 Å². The van der Waals surface area contributed by atoms with E-state index in [1.54, 1.807) is 12.1 Å². The Morgan fingerprint density at radius 1 is 1.17 bits per heavy atom. The van der Waals surface area contributed by atoms with Gasteiger partial charge in [-0.3, -0.25) is 9.59 Å². The number of aromatic carboxylic acids is 1. The number of carbonyl (C=O) groups excluding carboxylic acids is 2.